The first-order valence-electron chi connectivity index (χ1n) is 8.52. The molecular weight excluding hydrogens is 365 g/mol. The quantitative estimate of drug-likeness (QED) is 0.241. The fourth-order valence-electron chi connectivity index (χ4n) is 3.46. The van der Waals surface area contributed by atoms with E-state index < -0.39 is 11.7 Å². The number of aromatic nitrogens is 1. The fraction of sp³-hybridized carbons (Fsp3) is 0.0952. The molecule has 0 atom stereocenters. The van der Waals surface area contributed by atoms with Gasteiger partial charge in [-0.25, -0.2) is 5.53 Å². The van der Waals surface area contributed by atoms with Crippen LogP contribution < -0.4 is 0 Å². The normalized spacial score (nSPS) is 11.8. The number of fused-ring (bicyclic) bond motifs is 3. The molecule has 0 amide bonds. The molecule has 0 saturated carbocycles. The van der Waals surface area contributed by atoms with Crippen LogP contribution in [-0.4, -0.2) is 10.4 Å². The maximum Gasteiger partial charge on any atom is 0.416 e. The summed E-state index contributed by atoms with van der Waals surface area (Å²) in [6, 6.07) is 18.3. The number of alkyl halides is 3. The minimum Gasteiger partial charge on any atom is -0.336 e. The van der Waals surface area contributed by atoms with Gasteiger partial charge in [0.05, 0.1) is 5.56 Å². The van der Waals surface area contributed by atoms with Gasteiger partial charge in [-0.1, -0.05) is 30.3 Å². The van der Waals surface area contributed by atoms with Crippen molar-refractivity contribution >= 4 is 27.6 Å². The van der Waals surface area contributed by atoms with E-state index in [-0.39, 0.29) is 12.4 Å². The second-order valence-electron chi connectivity index (χ2n) is 6.49. The Morgan fingerprint density at radius 3 is 2.39 bits per heavy atom. The molecule has 2 N–H and O–H groups in total. The van der Waals surface area contributed by atoms with Gasteiger partial charge in [0.2, 0.25) is 0 Å². The average molecular weight is 380 g/mol. The Bertz CT molecular complexity index is 1220. The molecule has 0 saturated heterocycles. The summed E-state index contributed by atoms with van der Waals surface area (Å²) in [6.07, 6.45) is -4.38. The van der Waals surface area contributed by atoms with E-state index in [2.05, 4.69) is 5.11 Å². The number of rotatable bonds is 3. The van der Waals surface area contributed by atoms with Gasteiger partial charge in [0.25, 0.3) is 0 Å². The van der Waals surface area contributed by atoms with Crippen LogP contribution in [0, 0.1) is 10.9 Å². The third-order valence-electron chi connectivity index (χ3n) is 4.75. The van der Waals surface area contributed by atoms with Gasteiger partial charge in [-0.2, -0.15) is 13.2 Å². The zero-order valence-electron chi connectivity index (χ0n) is 14.6. The van der Waals surface area contributed by atoms with Gasteiger partial charge >= 0.3 is 6.18 Å². The molecule has 0 aliphatic rings. The Morgan fingerprint density at radius 1 is 0.893 bits per heavy atom. The Hall–Kier alpha value is -3.48. The van der Waals surface area contributed by atoms with Crippen LogP contribution in [0.15, 0.2) is 71.8 Å². The molecule has 7 heteroatoms. The van der Waals surface area contributed by atoms with Crippen molar-refractivity contribution in [2.24, 2.45) is 5.11 Å². The highest BCUT2D eigenvalue weighted by atomic mass is 19.4. The van der Waals surface area contributed by atoms with E-state index in [9.17, 15) is 13.2 Å². The van der Waals surface area contributed by atoms with Gasteiger partial charge in [-0.3, -0.25) is 5.41 Å². The van der Waals surface area contributed by atoms with Crippen LogP contribution in [0.4, 0.5) is 13.2 Å². The topological polar surface area (TPSA) is 65.0 Å². The Morgan fingerprint density at radius 2 is 1.64 bits per heavy atom. The lowest BCUT2D eigenvalue weighted by atomic mass is 10.1. The van der Waals surface area contributed by atoms with Crippen molar-refractivity contribution in [3.8, 4) is 0 Å². The molecule has 0 unspecified atom stereocenters. The van der Waals surface area contributed by atoms with Gasteiger partial charge in [-0.15, -0.1) is 5.11 Å². The molecule has 3 aromatic carbocycles. The van der Waals surface area contributed by atoms with Crippen molar-refractivity contribution in [3.05, 3.63) is 83.4 Å². The number of nitrogens with zero attached hydrogens (tertiary/aromatic N) is 2. The van der Waals surface area contributed by atoms with Gasteiger partial charge in [0.15, 0.2) is 5.84 Å². The van der Waals surface area contributed by atoms with E-state index in [4.69, 9.17) is 10.9 Å². The smallest absolute Gasteiger partial charge is 0.336 e. The minimum atomic E-state index is -4.38. The molecule has 140 valence electrons. The van der Waals surface area contributed by atoms with Crippen molar-refractivity contribution < 1.29 is 13.2 Å². The maximum absolute atomic E-state index is 13.1. The van der Waals surface area contributed by atoms with Crippen LogP contribution in [0.2, 0.25) is 0 Å². The molecule has 0 aliphatic carbocycles. The van der Waals surface area contributed by atoms with Crippen LogP contribution in [0.25, 0.3) is 21.8 Å². The first-order chi connectivity index (χ1) is 13.4. The average Bonchev–Trinajstić information content (AvgIpc) is 3.00. The molecule has 0 aliphatic heterocycles. The van der Waals surface area contributed by atoms with Crippen LogP contribution in [0.5, 0.6) is 0 Å². The summed E-state index contributed by atoms with van der Waals surface area (Å²) in [5.74, 6) is -0.142. The van der Waals surface area contributed by atoms with Gasteiger partial charge in [0.1, 0.15) is 0 Å². The number of para-hydroxylation sites is 1. The number of halogens is 3. The molecule has 4 rings (SSSR count). The zero-order chi connectivity index (χ0) is 19.9. The lowest BCUT2D eigenvalue weighted by molar-refractivity contribution is -0.137. The standard InChI is InChI=1S/C21H15F3N4/c22-21(23,24)15-5-3-4-13(10-15)12-28-18-7-2-1-6-16(18)17-11-14(20(25)27-26)8-9-19(17)28/h1-11,25-26H,12H2. The largest absolute Gasteiger partial charge is 0.416 e. The number of nitrogens with one attached hydrogen (secondary N) is 2. The fourth-order valence-corrected chi connectivity index (χ4v) is 3.46. The first-order valence-corrected chi connectivity index (χ1v) is 8.52. The molecular formula is C21H15F3N4. The van der Waals surface area contributed by atoms with E-state index in [0.29, 0.717) is 11.1 Å². The van der Waals surface area contributed by atoms with Crippen LogP contribution in [0.1, 0.15) is 16.7 Å². The van der Waals surface area contributed by atoms with Gasteiger partial charge in [0, 0.05) is 33.9 Å². The molecule has 4 nitrogen and oxygen atoms in total. The monoisotopic (exact) mass is 380 g/mol. The highest BCUT2D eigenvalue weighted by Crippen LogP contribution is 2.32. The summed E-state index contributed by atoms with van der Waals surface area (Å²) >= 11 is 0. The van der Waals surface area contributed by atoms with Crippen molar-refractivity contribution in [3.63, 3.8) is 0 Å². The predicted octanol–water partition coefficient (Wildman–Crippen LogP) is 6.22. The predicted molar refractivity (Wildman–Crippen MR) is 102 cm³/mol. The Balaban J connectivity index is 1.89. The number of benzene rings is 3. The third kappa shape index (κ3) is 3.05. The lowest BCUT2D eigenvalue weighted by Gasteiger charge is -2.11. The number of amidine groups is 1. The highest BCUT2D eigenvalue weighted by molar-refractivity contribution is 6.11. The minimum absolute atomic E-state index is 0.142. The molecule has 1 aromatic heterocycles. The van der Waals surface area contributed by atoms with Crippen LogP contribution in [0.3, 0.4) is 0 Å². The number of hydrogen-bond donors (Lipinski definition) is 2. The summed E-state index contributed by atoms with van der Waals surface area (Å²) in [5, 5.41) is 12.7. The van der Waals surface area contributed by atoms with Gasteiger partial charge in [-0.05, 0) is 42.0 Å². The molecule has 1 heterocycles. The van der Waals surface area contributed by atoms with Crippen molar-refractivity contribution in [1.82, 2.24) is 4.57 Å². The Labute approximate surface area is 158 Å². The van der Waals surface area contributed by atoms with Crippen LogP contribution in [-0.2, 0) is 12.7 Å². The summed E-state index contributed by atoms with van der Waals surface area (Å²) in [6.45, 7) is 0.285. The second kappa shape index (κ2) is 6.60. The zero-order valence-corrected chi connectivity index (χ0v) is 14.6. The van der Waals surface area contributed by atoms with Crippen molar-refractivity contribution in [1.29, 1.82) is 10.9 Å². The van der Waals surface area contributed by atoms with E-state index >= 15 is 0 Å². The van der Waals surface area contributed by atoms with Crippen molar-refractivity contribution in [2.45, 2.75) is 12.7 Å². The third-order valence-corrected chi connectivity index (χ3v) is 4.75. The van der Waals surface area contributed by atoms with E-state index in [1.165, 1.54) is 12.1 Å². The highest BCUT2D eigenvalue weighted by Gasteiger charge is 2.30. The summed E-state index contributed by atoms with van der Waals surface area (Å²) in [7, 11) is 0. The van der Waals surface area contributed by atoms with Gasteiger partial charge < -0.3 is 4.57 Å². The molecule has 4 aromatic rings. The molecule has 0 spiro atoms. The Kier molecular flexibility index (Phi) is 4.22. The van der Waals surface area contributed by atoms with E-state index in [1.54, 1.807) is 18.2 Å². The summed E-state index contributed by atoms with van der Waals surface area (Å²) in [5.41, 5.74) is 9.18. The summed E-state index contributed by atoms with van der Waals surface area (Å²) < 4.78 is 41.1. The number of hydrogen-bond acceptors (Lipinski definition) is 2. The van der Waals surface area contributed by atoms with Crippen molar-refractivity contribution in [2.75, 3.05) is 0 Å². The molecule has 0 fully saturated rings. The molecule has 28 heavy (non-hydrogen) atoms. The SMILES string of the molecule is N=NC(=N)c1ccc2c(c1)c1ccccc1n2Cc1cccc(C(F)(F)F)c1. The maximum atomic E-state index is 13.1. The molecule has 0 radical (unpaired) electrons. The summed E-state index contributed by atoms with van der Waals surface area (Å²) in [4.78, 5) is 0. The molecule has 0 bridgehead atoms. The lowest BCUT2D eigenvalue weighted by Crippen LogP contribution is -2.06. The van der Waals surface area contributed by atoms with Crippen LogP contribution >= 0.6 is 0 Å². The van der Waals surface area contributed by atoms with E-state index in [1.807, 2.05) is 34.9 Å². The first kappa shape index (κ1) is 17.9. The van der Waals surface area contributed by atoms with E-state index in [0.717, 1.165) is 27.9 Å². The second-order valence-corrected chi connectivity index (χ2v) is 6.49.